The fourth-order valence-electron chi connectivity index (χ4n) is 2.68. The molecule has 0 unspecified atom stereocenters. The number of nitrogens with one attached hydrogen (secondary N) is 2. The first-order valence-electron chi connectivity index (χ1n) is 8.46. The molecular weight excluding hydrogens is 350 g/mol. The Balaban J connectivity index is 1.79. The van der Waals surface area contributed by atoms with Gasteiger partial charge in [-0.1, -0.05) is 6.07 Å². The molecule has 8 nitrogen and oxygen atoms in total. The highest BCUT2D eigenvalue weighted by Gasteiger charge is 2.20. The number of fused-ring (bicyclic) bond motifs is 1. The van der Waals surface area contributed by atoms with E-state index in [1.165, 1.54) is 12.1 Å². The molecule has 1 amide bonds. The zero-order chi connectivity index (χ0) is 19.6. The number of carbonyl (C=O) groups is 1. The van der Waals surface area contributed by atoms with Crippen molar-refractivity contribution >= 4 is 17.3 Å². The second-order valence-corrected chi connectivity index (χ2v) is 7.23. The number of hydrogen-bond donors (Lipinski definition) is 2. The molecule has 27 heavy (non-hydrogen) atoms. The smallest absolute Gasteiger partial charge is 0.270 e. The van der Waals surface area contributed by atoms with Gasteiger partial charge in [0.25, 0.3) is 11.6 Å². The lowest BCUT2D eigenvalue weighted by atomic mass is 10.1. The van der Waals surface area contributed by atoms with Crippen molar-refractivity contribution in [2.75, 3.05) is 12.1 Å². The van der Waals surface area contributed by atoms with Crippen molar-refractivity contribution in [2.45, 2.75) is 32.9 Å². The zero-order valence-electron chi connectivity index (χ0n) is 15.4. The quantitative estimate of drug-likeness (QED) is 0.616. The summed E-state index contributed by atoms with van der Waals surface area (Å²) in [7, 11) is 0. The standard InChI is InChI=1S/C19H21N3O5/c1-19(2,3)21-15-6-5-13(22(24)25)9-14(15)18(23)20-10-12-4-7-16-17(8-12)27-11-26-16/h4-9,21H,10-11H2,1-3H3,(H,20,23). The Morgan fingerprint density at radius 3 is 2.59 bits per heavy atom. The number of nitro groups is 1. The highest BCUT2D eigenvalue weighted by molar-refractivity contribution is 6.00. The zero-order valence-corrected chi connectivity index (χ0v) is 15.4. The minimum absolute atomic E-state index is 0.136. The maximum Gasteiger partial charge on any atom is 0.270 e. The normalized spacial score (nSPS) is 12.6. The number of nitro benzene ring substituents is 1. The third kappa shape index (κ3) is 4.46. The van der Waals surface area contributed by atoms with E-state index >= 15 is 0 Å². The van der Waals surface area contributed by atoms with Gasteiger partial charge in [-0.2, -0.15) is 0 Å². The van der Waals surface area contributed by atoms with Gasteiger partial charge in [0.05, 0.1) is 10.5 Å². The molecule has 1 heterocycles. The van der Waals surface area contributed by atoms with Crippen molar-refractivity contribution in [3.63, 3.8) is 0 Å². The van der Waals surface area contributed by atoms with Gasteiger partial charge in [-0.3, -0.25) is 14.9 Å². The molecule has 0 saturated heterocycles. The number of anilines is 1. The second kappa shape index (κ2) is 7.14. The molecule has 0 saturated carbocycles. The summed E-state index contributed by atoms with van der Waals surface area (Å²) in [6.45, 7) is 6.28. The molecular formula is C19H21N3O5. The fourth-order valence-corrected chi connectivity index (χ4v) is 2.68. The third-order valence-corrected chi connectivity index (χ3v) is 3.86. The van der Waals surface area contributed by atoms with Crippen LogP contribution in [0.3, 0.4) is 0 Å². The van der Waals surface area contributed by atoms with Crippen molar-refractivity contribution < 1.29 is 19.2 Å². The number of rotatable bonds is 5. The van der Waals surface area contributed by atoms with Gasteiger partial charge < -0.3 is 20.1 Å². The Hall–Kier alpha value is -3.29. The van der Waals surface area contributed by atoms with Crippen LogP contribution in [0.4, 0.5) is 11.4 Å². The summed E-state index contributed by atoms with van der Waals surface area (Å²) >= 11 is 0. The highest BCUT2D eigenvalue weighted by atomic mass is 16.7. The Morgan fingerprint density at radius 1 is 1.15 bits per heavy atom. The van der Waals surface area contributed by atoms with E-state index in [9.17, 15) is 14.9 Å². The van der Waals surface area contributed by atoms with E-state index < -0.39 is 10.8 Å². The molecule has 2 N–H and O–H groups in total. The van der Waals surface area contributed by atoms with Crippen molar-refractivity contribution in [1.82, 2.24) is 5.32 Å². The number of carbonyl (C=O) groups excluding carboxylic acids is 1. The molecule has 1 aliphatic heterocycles. The Kier molecular flexibility index (Phi) is 4.89. The summed E-state index contributed by atoms with van der Waals surface area (Å²) in [5.41, 5.74) is 1.16. The van der Waals surface area contributed by atoms with Crippen LogP contribution in [0.1, 0.15) is 36.7 Å². The maximum atomic E-state index is 12.7. The molecule has 0 bridgehead atoms. The van der Waals surface area contributed by atoms with Crippen LogP contribution in [0, 0.1) is 10.1 Å². The first kappa shape index (κ1) is 18.5. The maximum absolute atomic E-state index is 12.7. The Bertz CT molecular complexity index is 889. The van der Waals surface area contributed by atoms with E-state index in [0.29, 0.717) is 17.2 Å². The molecule has 0 aliphatic carbocycles. The SMILES string of the molecule is CC(C)(C)Nc1ccc([N+](=O)[O-])cc1C(=O)NCc1ccc2c(c1)OCO2. The van der Waals surface area contributed by atoms with Gasteiger partial charge in [-0.05, 0) is 44.5 Å². The molecule has 2 aromatic carbocycles. The summed E-state index contributed by atoms with van der Waals surface area (Å²) in [6.07, 6.45) is 0. The van der Waals surface area contributed by atoms with Crippen molar-refractivity contribution in [1.29, 1.82) is 0 Å². The highest BCUT2D eigenvalue weighted by Crippen LogP contribution is 2.32. The van der Waals surface area contributed by atoms with Crippen LogP contribution < -0.4 is 20.1 Å². The first-order valence-corrected chi connectivity index (χ1v) is 8.46. The molecule has 0 radical (unpaired) electrons. The fraction of sp³-hybridized carbons (Fsp3) is 0.316. The molecule has 0 fully saturated rings. The van der Waals surface area contributed by atoms with E-state index in [1.54, 1.807) is 18.2 Å². The topological polar surface area (TPSA) is 103 Å². The Morgan fingerprint density at radius 2 is 1.89 bits per heavy atom. The van der Waals surface area contributed by atoms with Crippen molar-refractivity contribution in [3.05, 3.63) is 57.6 Å². The van der Waals surface area contributed by atoms with Gasteiger partial charge in [0, 0.05) is 29.9 Å². The number of non-ortho nitro benzene ring substituents is 1. The molecule has 0 aromatic heterocycles. The average molecular weight is 371 g/mol. The van der Waals surface area contributed by atoms with E-state index in [-0.39, 0.29) is 30.1 Å². The molecule has 0 spiro atoms. The number of nitrogens with zero attached hydrogens (tertiary/aromatic N) is 1. The summed E-state index contributed by atoms with van der Waals surface area (Å²) in [5.74, 6) is 0.899. The molecule has 0 atom stereocenters. The van der Waals surface area contributed by atoms with Gasteiger partial charge in [0.15, 0.2) is 11.5 Å². The van der Waals surface area contributed by atoms with E-state index in [2.05, 4.69) is 10.6 Å². The van der Waals surface area contributed by atoms with Crippen LogP contribution in [-0.2, 0) is 6.54 Å². The lowest BCUT2D eigenvalue weighted by Gasteiger charge is -2.23. The monoisotopic (exact) mass is 371 g/mol. The predicted octanol–water partition coefficient (Wildman–Crippen LogP) is 3.46. The minimum Gasteiger partial charge on any atom is -0.454 e. The summed E-state index contributed by atoms with van der Waals surface area (Å²) in [4.78, 5) is 23.3. The van der Waals surface area contributed by atoms with Crippen LogP contribution in [-0.4, -0.2) is 23.2 Å². The Labute approximate surface area is 156 Å². The van der Waals surface area contributed by atoms with Gasteiger partial charge in [-0.25, -0.2) is 0 Å². The second-order valence-electron chi connectivity index (χ2n) is 7.23. The molecule has 1 aliphatic rings. The van der Waals surface area contributed by atoms with Crippen LogP contribution in [0.15, 0.2) is 36.4 Å². The summed E-state index contributed by atoms with van der Waals surface area (Å²) < 4.78 is 10.6. The number of hydrogen-bond acceptors (Lipinski definition) is 6. The lowest BCUT2D eigenvalue weighted by molar-refractivity contribution is -0.384. The predicted molar refractivity (Wildman–Crippen MR) is 100 cm³/mol. The lowest BCUT2D eigenvalue weighted by Crippen LogP contribution is -2.29. The minimum atomic E-state index is -0.518. The van der Waals surface area contributed by atoms with Gasteiger partial charge in [-0.15, -0.1) is 0 Å². The summed E-state index contributed by atoms with van der Waals surface area (Å²) in [6, 6.07) is 9.62. The average Bonchev–Trinajstić information content (AvgIpc) is 3.06. The van der Waals surface area contributed by atoms with Crippen LogP contribution >= 0.6 is 0 Å². The van der Waals surface area contributed by atoms with E-state index in [1.807, 2.05) is 26.8 Å². The van der Waals surface area contributed by atoms with E-state index in [4.69, 9.17) is 9.47 Å². The van der Waals surface area contributed by atoms with Gasteiger partial charge in [0.1, 0.15) is 0 Å². The first-order chi connectivity index (χ1) is 12.7. The number of amides is 1. The molecule has 2 aromatic rings. The van der Waals surface area contributed by atoms with Crippen LogP contribution in [0.2, 0.25) is 0 Å². The van der Waals surface area contributed by atoms with Crippen molar-refractivity contribution in [2.24, 2.45) is 0 Å². The molecule has 3 rings (SSSR count). The summed E-state index contributed by atoms with van der Waals surface area (Å²) in [5, 5.41) is 17.1. The molecule has 8 heteroatoms. The van der Waals surface area contributed by atoms with Gasteiger partial charge >= 0.3 is 0 Å². The number of ether oxygens (including phenoxy) is 2. The van der Waals surface area contributed by atoms with Crippen LogP contribution in [0.25, 0.3) is 0 Å². The van der Waals surface area contributed by atoms with Crippen molar-refractivity contribution in [3.8, 4) is 11.5 Å². The largest absolute Gasteiger partial charge is 0.454 e. The van der Waals surface area contributed by atoms with Gasteiger partial charge in [0.2, 0.25) is 6.79 Å². The third-order valence-electron chi connectivity index (χ3n) is 3.86. The number of benzene rings is 2. The molecule has 142 valence electrons. The van der Waals surface area contributed by atoms with Crippen LogP contribution in [0.5, 0.6) is 11.5 Å². The van der Waals surface area contributed by atoms with E-state index in [0.717, 1.165) is 5.56 Å².